The Balaban J connectivity index is 1.94. The summed E-state index contributed by atoms with van der Waals surface area (Å²) in [6.45, 7) is 1.81. The predicted molar refractivity (Wildman–Crippen MR) is 67.2 cm³/mol. The van der Waals surface area contributed by atoms with Gasteiger partial charge < -0.3 is 10.4 Å². The lowest BCUT2D eigenvalue weighted by Crippen LogP contribution is -2.43. The number of rotatable bonds is 5. The number of carboxylic acid groups (broad SMARTS) is 1. The summed E-state index contributed by atoms with van der Waals surface area (Å²) in [5.74, 6) is -1.79. The molecule has 1 fully saturated rings. The second kappa shape index (κ2) is 4.99. The molecule has 1 saturated carbocycles. The summed E-state index contributed by atoms with van der Waals surface area (Å²) in [5.41, 5.74) is -0.325. The Morgan fingerprint density at radius 3 is 2.68 bits per heavy atom. The highest BCUT2D eigenvalue weighted by Gasteiger charge is 2.51. The summed E-state index contributed by atoms with van der Waals surface area (Å²) >= 11 is 0. The number of hydrogen-bond acceptors (Lipinski definition) is 2. The van der Waals surface area contributed by atoms with E-state index >= 15 is 0 Å². The van der Waals surface area contributed by atoms with Crippen molar-refractivity contribution in [3.63, 3.8) is 0 Å². The SMILES string of the molecule is CC(CC(=O)NC1(C(=O)O)CC1)c1cccc(F)c1. The molecule has 0 aromatic heterocycles. The molecule has 1 aliphatic carbocycles. The fourth-order valence-electron chi connectivity index (χ4n) is 2.04. The van der Waals surface area contributed by atoms with Gasteiger partial charge in [0.25, 0.3) is 0 Å². The van der Waals surface area contributed by atoms with Crippen molar-refractivity contribution in [2.45, 2.75) is 37.6 Å². The van der Waals surface area contributed by atoms with Gasteiger partial charge in [-0.3, -0.25) is 4.79 Å². The summed E-state index contributed by atoms with van der Waals surface area (Å²) in [6, 6.07) is 6.09. The summed E-state index contributed by atoms with van der Waals surface area (Å²) in [5, 5.41) is 11.5. The Morgan fingerprint density at radius 2 is 2.16 bits per heavy atom. The fourth-order valence-corrected chi connectivity index (χ4v) is 2.04. The Labute approximate surface area is 110 Å². The number of carboxylic acids is 1. The molecule has 0 bridgehead atoms. The molecule has 0 heterocycles. The van der Waals surface area contributed by atoms with Crippen molar-refractivity contribution in [2.75, 3.05) is 0 Å². The van der Waals surface area contributed by atoms with E-state index in [0.717, 1.165) is 5.56 Å². The van der Waals surface area contributed by atoms with Crippen molar-refractivity contribution in [1.82, 2.24) is 5.32 Å². The first-order valence-corrected chi connectivity index (χ1v) is 6.23. The number of aliphatic carboxylic acids is 1. The third-order valence-electron chi connectivity index (χ3n) is 3.45. The quantitative estimate of drug-likeness (QED) is 0.856. The first kappa shape index (κ1) is 13.5. The number of nitrogens with one attached hydrogen (secondary N) is 1. The molecule has 1 aromatic rings. The lowest BCUT2D eigenvalue weighted by atomic mass is 9.97. The molecule has 2 N–H and O–H groups in total. The van der Waals surface area contributed by atoms with Crippen LogP contribution in [0.1, 0.15) is 37.7 Å². The van der Waals surface area contributed by atoms with Gasteiger partial charge in [0.15, 0.2) is 0 Å². The number of benzene rings is 1. The molecule has 2 rings (SSSR count). The minimum atomic E-state index is -1.06. The zero-order valence-corrected chi connectivity index (χ0v) is 10.6. The highest BCUT2D eigenvalue weighted by Crippen LogP contribution is 2.35. The standard InChI is InChI=1S/C14H16FNO3/c1-9(10-3-2-4-11(15)8-10)7-12(17)16-14(5-6-14)13(18)19/h2-4,8-9H,5-7H2,1H3,(H,16,17)(H,18,19). The molecule has 0 radical (unpaired) electrons. The van der Waals surface area contributed by atoms with Crippen LogP contribution in [0.2, 0.25) is 0 Å². The van der Waals surface area contributed by atoms with Crippen LogP contribution in [0.3, 0.4) is 0 Å². The van der Waals surface area contributed by atoms with E-state index in [2.05, 4.69) is 5.32 Å². The number of halogens is 1. The van der Waals surface area contributed by atoms with E-state index in [1.54, 1.807) is 12.1 Å². The Hall–Kier alpha value is -1.91. The van der Waals surface area contributed by atoms with Gasteiger partial charge >= 0.3 is 5.97 Å². The smallest absolute Gasteiger partial charge is 0.329 e. The molecule has 5 heteroatoms. The van der Waals surface area contributed by atoms with Crippen LogP contribution < -0.4 is 5.32 Å². The number of amides is 1. The van der Waals surface area contributed by atoms with Crippen LogP contribution in [0.15, 0.2) is 24.3 Å². The highest BCUT2D eigenvalue weighted by atomic mass is 19.1. The predicted octanol–water partition coefficient (Wildman–Crippen LogP) is 2.05. The maximum Gasteiger partial charge on any atom is 0.329 e. The van der Waals surface area contributed by atoms with Gasteiger partial charge in [0.1, 0.15) is 11.4 Å². The maximum absolute atomic E-state index is 13.1. The zero-order valence-electron chi connectivity index (χ0n) is 10.6. The van der Waals surface area contributed by atoms with Crippen LogP contribution in [0.5, 0.6) is 0 Å². The number of carbonyl (C=O) groups excluding carboxylic acids is 1. The maximum atomic E-state index is 13.1. The lowest BCUT2D eigenvalue weighted by molar-refractivity contribution is -0.143. The van der Waals surface area contributed by atoms with E-state index in [9.17, 15) is 14.0 Å². The van der Waals surface area contributed by atoms with Crippen molar-refractivity contribution in [2.24, 2.45) is 0 Å². The fraction of sp³-hybridized carbons (Fsp3) is 0.429. The first-order valence-electron chi connectivity index (χ1n) is 6.23. The summed E-state index contributed by atoms with van der Waals surface area (Å²) in [7, 11) is 0. The average molecular weight is 265 g/mol. The monoisotopic (exact) mass is 265 g/mol. The number of hydrogen-bond donors (Lipinski definition) is 2. The molecule has 0 aliphatic heterocycles. The molecule has 0 spiro atoms. The first-order chi connectivity index (χ1) is 8.93. The van der Waals surface area contributed by atoms with Gasteiger partial charge in [-0.05, 0) is 36.5 Å². The topological polar surface area (TPSA) is 66.4 Å². The minimum absolute atomic E-state index is 0.151. The summed E-state index contributed by atoms with van der Waals surface area (Å²) in [4.78, 5) is 22.8. The summed E-state index contributed by atoms with van der Waals surface area (Å²) < 4.78 is 13.1. The van der Waals surface area contributed by atoms with Crippen molar-refractivity contribution < 1.29 is 19.1 Å². The van der Waals surface area contributed by atoms with E-state index < -0.39 is 11.5 Å². The Kier molecular flexibility index (Phi) is 3.55. The third-order valence-corrected chi connectivity index (χ3v) is 3.45. The Bertz CT molecular complexity index is 511. The van der Waals surface area contributed by atoms with E-state index in [0.29, 0.717) is 12.8 Å². The van der Waals surface area contributed by atoms with E-state index in [1.807, 2.05) is 6.92 Å². The van der Waals surface area contributed by atoms with Crippen molar-refractivity contribution in [3.8, 4) is 0 Å². The average Bonchev–Trinajstić information content (AvgIpc) is 3.09. The van der Waals surface area contributed by atoms with Crippen LogP contribution in [-0.4, -0.2) is 22.5 Å². The number of carbonyl (C=O) groups is 2. The normalized spacial score (nSPS) is 17.6. The molecular weight excluding hydrogens is 249 g/mol. The van der Waals surface area contributed by atoms with Gasteiger partial charge in [0.05, 0.1) is 0 Å². The molecule has 1 aliphatic rings. The Morgan fingerprint density at radius 1 is 1.47 bits per heavy atom. The van der Waals surface area contributed by atoms with E-state index in [-0.39, 0.29) is 24.1 Å². The van der Waals surface area contributed by atoms with Crippen molar-refractivity contribution >= 4 is 11.9 Å². The van der Waals surface area contributed by atoms with Gasteiger partial charge in [-0.15, -0.1) is 0 Å². The van der Waals surface area contributed by atoms with Crippen LogP contribution in [-0.2, 0) is 9.59 Å². The molecule has 4 nitrogen and oxygen atoms in total. The summed E-state index contributed by atoms with van der Waals surface area (Å²) in [6.07, 6.45) is 1.10. The van der Waals surface area contributed by atoms with Gasteiger partial charge in [-0.25, -0.2) is 9.18 Å². The van der Waals surface area contributed by atoms with Crippen molar-refractivity contribution in [3.05, 3.63) is 35.6 Å². The van der Waals surface area contributed by atoms with Gasteiger partial charge in [-0.2, -0.15) is 0 Å². The van der Waals surface area contributed by atoms with Crippen LogP contribution in [0, 0.1) is 5.82 Å². The van der Waals surface area contributed by atoms with Crippen LogP contribution >= 0.6 is 0 Å². The third kappa shape index (κ3) is 3.10. The largest absolute Gasteiger partial charge is 0.480 e. The minimum Gasteiger partial charge on any atom is -0.480 e. The lowest BCUT2D eigenvalue weighted by Gasteiger charge is -2.15. The molecule has 19 heavy (non-hydrogen) atoms. The highest BCUT2D eigenvalue weighted by molar-refractivity contribution is 5.89. The second-order valence-corrected chi connectivity index (χ2v) is 5.10. The van der Waals surface area contributed by atoms with Gasteiger partial charge in [0, 0.05) is 6.42 Å². The molecule has 0 saturated heterocycles. The second-order valence-electron chi connectivity index (χ2n) is 5.10. The molecule has 1 atom stereocenters. The van der Waals surface area contributed by atoms with Gasteiger partial charge in [-0.1, -0.05) is 19.1 Å². The van der Waals surface area contributed by atoms with Crippen LogP contribution in [0.4, 0.5) is 4.39 Å². The molecule has 1 amide bonds. The van der Waals surface area contributed by atoms with Crippen LogP contribution in [0.25, 0.3) is 0 Å². The van der Waals surface area contributed by atoms with Gasteiger partial charge in [0.2, 0.25) is 5.91 Å². The molecule has 102 valence electrons. The van der Waals surface area contributed by atoms with E-state index in [4.69, 9.17) is 5.11 Å². The van der Waals surface area contributed by atoms with E-state index in [1.165, 1.54) is 12.1 Å². The molecular formula is C14H16FNO3. The molecule has 1 aromatic carbocycles. The molecule has 1 unspecified atom stereocenters. The van der Waals surface area contributed by atoms with Crippen molar-refractivity contribution in [1.29, 1.82) is 0 Å². The zero-order chi connectivity index (χ0) is 14.0.